The molecule has 1 fully saturated rings. The fourth-order valence-electron chi connectivity index (χ4n) is 5.76. The number of aryl methyl sites for hydroxylation is 1. The number of carboxylic acids is 1. The average molecular weight is 474 g/mol. The Bertz CT molecular complexity index is 1290. The van der Waals surface area contributed by atoms with E-state index in [1.807, 2.05) is 18.2 Å². The number of carbonyl (C=O) groups is 1. The van der Waals surface area contributed by atoms with E-state index >= 15 is 0 Å². The van der Waals surface area contributed by atoms with Crippen LogP contribution >= 0.6 is 11.6 Å². The maximum atomic E-state index is 12.6. The Hall–Kier alpha value is -3.24. The molecule has 0 bridgehead atoms. The van der Waals surface area contributed by atoms with Crippen LogP contribution in [0.15, 0.2) is 66.7 Å². The van der Waals surface area contributed by atoms with Gasteiger partial charge in [0, 0.05) is 16.1 Å². The Labute approximate surface area is 205 Å². The molecule has 0 aliphatic heterocycles. The van der Waals surface area contributed by atoms with E-state index in [0.29, 0.717) is 17.9 Å². The second kappa shape index (κ2) is 8.52. The first-order valence-corrected chi connectivity index (χ1v) is 12.0. The van der Waals surface area contributed by atoms with E-state index in [4.69, 9.17) is 16.3 Å². The number of methoxy groups -OCH3 is 1. The van der Waals surface area contributed by atoms with E-state index in [9.17, 15) is 9.90 Å². The third-order valence-electron chi connectivity index (χ3n) is 7.46. The number of nitrogens with one attached hydrogen (secondary N) is 1. The molecule has 2 N–H and O–H groups in total. The lowest BCUT2D eigenvalue weighted by Crippen LogP contribution is -2.52. The summed E-state index contributed by atoms with van der Waals surface area (Å²) in [6.07, 6.45) is 4.74. The van der Waals surface area contributed by atoms with E-state index in [-0.39, 0.29) is 5.41 Å². The lowest BCUT2D eigenvalue weighted by Gasteiger charge is -2.45. The van der Waals surface area contributed by atoms with Crippen LogP contribution in [0.5, 0.6) is 5.75 Å². The molecular formula is C29H28ClNO3. The SMILES string of the molecule is COc1cc(C)cc(C2=Cc3ccccc3C23CCC(Nc2cccc(Cl)c2)(C(=O)O)CC3)c1. The third-order valence-corrected chi connectivity index (χ3v) is 7.70. The average Bonchev–Trinajstić information content (AvgIpc) is 3.14. The normalized spacial score (nSPS) is 23.3. The molecule has 0 aromatic heterocycles. The summed E-state index contributed by atoms with van der Waals surface area (Å²) in [6, 6.07) is 22.1. The fraction of sp³-hybridized carbons (Fsp3) is 0.276. The summed E-state index contributed by atoms with van der Waals surface area (Å²) in [5, 5.41) is 14.2. The number of benzene rings is 3. The van der Waals surface area contributed by atoms with Crippen molar-refractivity contribution in [3.63, 3.8) is 0 Å². The Kier molecular flexibility index (Phi) is 5.65. The zero-order valence-corrected chi connectivity index (χ0v) is 20.2. The lowest BCUT2D eigenvalue weighted by molar-refractivity contribution is -0.143. The molecule has 0 saturated heterocycles. The summed E-state index contributed by atoms with van der Waals surface area (Å²) in [7, 11) is 1.69. The van der Waals surface area contributed by atoms with Crippen LogP contribution in [0, 0.1) is 6.92 Å². The topological polar surface area (TPSA) is 58.6 Å². The second-order valence-corrected chi connectivity index (χ2v) is 9.93. The lowest BCUT2D eigenvalue weighted by atomic mass is 9.61. The highest BCUT2D eigenvalue weighted by atomic mass is 35.5. The van der Waals surface area contributed by atoms with Gasteiger partial charge in [-0.1, -0.05) is 48.0 Å². The van der Waals surface area contributed by atoms with Crippen LogP contribution in [0.4, 0.5) is 5.69 Å². The summed E-state index contributed by atoms with van der Waals surface area (Å²) in [4.78, 5) is 12.6. The molecule has 0 unspecified atom stereocenters. The van der Waals surface area contributed by atoms with Crippen LogP contribution in [0.3, 0.4) is 0 Å². The number of fused-ring (bicyclic) bond motifs is 2. The van der Waals surface area contributed by atoms with Crippen molar-refractivity contribution in [2.45, 2.75) is 43.6 Å². The van der Waals surface area contributed by atoms with Gasteiger partial charge >= 0.3 is 5.97 Å². The van der Waals surface area contributed by atoms with Crippen LogP contribution in [0.1, 0.15) is 47.9 Å². The van der Waals surface area contributed by atoms with Gasteiger partial charge in [-0.2, -0.15) is 0 Å². The number of aliphatic carboxylic acids is 1. The minimum Gasteiger partial charge on any atom is -0.497 e. The Balaban J connectivity index is 1.54. The van der Waals surface area contributed by atoms with Crippen molar-refractivity contribution in [2.75, 3.05) is 12.4 Å². The zero-order chi connectivity index (χ0) is 23.9. The predicted octanol–water partition coefficient (Wildman–Crippen LogP) is 6.96. The fourth-order valence-corrected chi connectivity index (χ4v) is 5.95. The summed E-state index contributed by atoms with van der Waals surface area (Å²) < 4.78 is 5.56. The Morgan fingerprint density at radius 1 is 1.00 bits per heavy atom. The van der Waals surface area contributed by atoms with E-state index in [2.05, 4.69) is 54.7 Å². The number of halogens is 1. The molecule has 3 aromatic rings. The van der Waals surface area contributed by atoms with Crippen molar-refractivity contribution in [2.24, 2.45) is 0 Å². The third kappa shape index (κ3) is 3.76. The van der Waals surface area contributed by atoms with Crippen molar-refractivity contribution >= 4 is 34.9 Å². The molecule has 0 radical (unpaired) electrons. The number of ether oxygens (including phenoxy) is 1. The van der Waals surface area contributed by atoms with E-state index in [0.717, 1.165) is 35.4 Å². The van der Waals surface area contributed by atoms with Gasteiger partial charge in [-0.3, -0.25) is 0 Å². The molecule has 0 atom stereocenters. The minimum atomic E-state index is -1.04. The number of hydrogen-bond donors (Lipinski definition) is 2. The van der Waals surface area contributed by atoms with Crippen molar-refractivity contribution in [3.05, 3.63) is 94.0 Å². The number of allylic oxidation sites excluding steroid dienone is 1. The number of carboxylic acid groups (broad SMARTS) is 1. The molecule has 5 heteroatoms. The molecule has 4 nitrogen and oxygen atoms in total. The molecule has 2 aliphatic rings. The predicted molar refractivity (Wildman–Crippen MR) is 138 cm³/mol. The first-order chi connectivity index (χ1) is 16.3. The van der Waals surface area contributed by atoms with Crippen molar-refractivity contribution in [3.8, 4) is 5.75 Å². The molecule has 0 amide bonds. The Morgan fingerprint density at radius 3 is 2.47 bits per heavy atom. The number of rotatable bonds is 5. The molecule has 0 heterocycles. The highest BCUT2D eigenvalue weighted by Gasteiger charge is 2.51. The standard InChI is InChI=1S/C29H28ClNO3/c1-19-14-21(16-24(15-19)34-2)26-17-20-6-3-4-9-25(20)28(26)10-12-29(13-11-28,27(32)33)31-23-8-5-7-22(30)18-23/h3-9,14-18,31H,10-13H2,1-2H3,(H,32,33). The summed E-state index contributed by atoms with van der Waals surface area (Å²) in [5.41, 5.74) is 5.48. The minimum absolute atomic E-state index is 0.232. The maximum Gasteiger partial charge on any atom is 0.329 e. The molecule has 34 heavy (non-hydrogen) atoms. The monoisotopic (exact) mass is 473 g/mol. The van der Waals surface area contributed by atoms with Gasteiger partial charge in [-0.15, -0.1) is 0 Å². The number of anilines is 1. The van der Waals surface area contributed by atoms with Crippen LogP contribution in [-0.4, -0.2) is 23.7 Å². The first kappa shape index (κ1) is 22.5. The van der Waals surface area contributed by atoms with E-state index < -0.39 is 11.5 Å². The Morgan fingerprint density at radius 2 is 1.76 bits per heavy atom. The van der Waals surface area contributed by atoms with Crippen molar-refractivity contribution in [1.29, 1.82) is 0 Å². The quantitative estimate of drug-likeness (QED) is 0.420. The van der Waals surface area contributed by atoms with Gasteiger partial charge in [0.15, 0.2) is 0 Å². The van der Waals surface area contributed by atoms with Crippen LogP contribution < -0.4 is 10.1 Å². The first-order valence-electron chi connectivity index (χ1n) is 11.6. The van der Waals surface area contributed by atoms with Crippen LogP contribution in [-0.2, 0) is 10.2 Å². The largest absolute Gasteiger partial charge is 0.497 e. The van der Waals surface area contributed by atoms with Gasteiger partial charge in [0.1, 0.15) is 11.3 Å². The molecule has 174 valence electrons. The molecule has 5 rings (SSSR count). The smallest absolute Gasteiger partial charge is 0.329 e. The van der Waals surface area contributed by atoms with Crippen molar-refractivity contribution in [1.82, 2.24) is 0 Å². The molecule has 3 aromatic carbocycles. The molecule has 1 saturated carbocycles. The maximum absolute atomic E-state index is 12.6. The van der Waals surface area contributed by atoms with Crippen LogP contribution in [0.2, 0.25) is 5.02 Å². The van der Waals surface area contributed by atoms with Gasteiger partial charge in [0.25, 0.3) is 0 Å². The highest BCUT2D eigenvalue weighted by Crippen LogP contribution is 2.57. The number of hydrogen-bond acceptors (Lipinski definition) is 3. The molecular weight excluding hydrogens is 446 g/mol. The summed E-state index contributed by atoms with van der Waals surface area (Å²) >= 11 is 6.16. The van der Waals surface area contributed by atoms with Crippen LogP contribution in [0.25, 0.3) is 11.6 Å². The van der Waals surface area contributed by atoms with Gasteiger partial charge in [0.2, 0.25) is 0 Å². The van der Waals surface area contributed by atoms with Gasteiger partial charge < -0.3 is 15.2 Å². The van der Waals surface area contributed by atoms with E-state index in [1.165, 1.54) is 16.7 Å². The van der Waals surface area contributed by atoms with Gasteiger partial charge in [-0.25, -0.2) is 4.79 Å². The summed E-state index contributed by atoms with van der Waals surface area (Å²) in [6.45, 7) is 2.08. The molecule has 1 spiro atoms. The molecule has 2 aliphatic carbocycles. The second-order valence-electron chi connectivity index (χ2n) is 9.49. The van der Waals surface area contributed by atoms with Crippen molar-refractivity contribution < 1.29 is 14.6 Å². The van der Waals surface area contributed by atoms with Gasteiger partial charge in [-0.05, 0) is 96.8 Å². The van der Waals surface area contributed by atoms with Gasteiger partial charge in [0.05, 0.1) is 7.11 Å². The highest BCUT2D eigenvalue weighted by molar-refractivity contribution is 6.30. The van der Waals surface area contributed by atoms with E-state index in [1.54, 1.807) is 19.2 Å². The summed E-state index contributed by atoms with van der Waals surface area (Å²) in [5.74, 6) is 0.0108. The zero-order valence-electron chi connectivity index (χ0n) is 19.4.